The number of hydrogen-bond acceptors (Lipinski definition) is 2. The van der Waals surface area contributed by atoms with E-state index in [1.807, 2.05) is 0 Å². The molecule has 5 heteroatoms. The third-order valence-corrected chi connectivity index (χ3v) is 3.49. The zero-order chi connectivity index (χ0) is 13.2. The third kappa shape index (κ3) is 3.02. The van der Waals surface area contributed by atoms with E-state index in [-0.39, 0.29) is 11.5 Å². The van der Waals surface area contributed by atoms with Crippen molar-refractivity contribution in [3.05, 3.63) is 29.6 Å². The van der Waals surface area contributed by atoms with Crippen molar-refractivity contribution in [1.82, 2.24) is 4.98 Å². The molecule has 0 spiro atoms. The molecule has 1 heterocycles. The number of rotatable bonds is 1. The number of nitrogens with zero attached hydrogens (tertiary/aromatic N) is 1. The van der Waals surface area contributed by atoms with Gasteiger partial charge in [-0.05, 0) is 36.8 Å². The molecule has 1 saturated carbocycles. The normalized spacial score (nSPS) is 25.8. The fourth-order valence-electron chi connectivity index (χ4n) is 2.61. The van der Waals surface area contributed by atoms with E-state index in [9.17, 15) is 18.3 Å². The lowest BCUT2D eigenvalue weighted by molar-refractivity contribution is -0.138. The van der Waals surface area contributed by atoms with Crippen LogP contribution in [0.5, 0.6) is 0 Å². The molecule has 0 amide bonds. The lowest BCUT2D eigenvalue weighted by Gasteiger charge is -2.20. The molecule has 0 aromatic carbocycles. The van der Waals surface area contributed by atoms with Gasteiger partial charge >= 0.3 is 6.18 Å². The maximum atomic E-state index is 12.9. The molecule has 2 unspecified atom stereocenters. The molecular weight excluding hydrogens is 243 g/mol. The molecule has 2 atom stereocenters. The van der Waals surface area contributed by atoms with Crippen LogP contribution in [0, 0.1) is 0 Å². The number of aromatic nitrogens is 1. The van der Waals surface area contributed by atoms with Crippen LogP contribution in [0.25, 0.3) is 0 Å². The van der Waals surface area contributed by atoms with E-state index in [1.165, 1.54) is 12.4 Å². The molecule has 0 radical (unpaired) electrons. The summed E-state index contributed by atoms with van der Waals surface area (Å²) in [5.41, 5.74) is -0.387. The number of pyridine rings is 1. The molecule has 2 rings (SSSR count). The zero-order valence-electron chi connectivity index (χ0n) is 9.95. The number of aliphatic hydroxyl groups is 1. The fourth-order valence-corrected chi connectivity index (χ4v) is 2.61. The lowest BCUT2D eigenvalue weighted by Crippen LogP contribution is -2.15. The van der Waals surface area contributed by atoms with Crippen LogP contribution in [0.3, 0.4) is 0 Å². The Kier molecular flexibility index (Phi) is 3.90. The minimum absolute atomic E-state index is 0.228. The predicted octanol–water partition coefficient (Wildman–Crippen LogP) is 3.51. The third-order valence-electron chi connectivity index (χ3n) is 3.49. The second-order valence-electron chi connectivity index (χ2n) is 4.83. The first-order valence-corrected chi connectivity index (χ1v) is 6.17. The maximum Gasteiger partial charge on any atom is 0.416 e. The van der Waals surface area contributed by atoms with Gasteiger partial charge in [-0.1, -0.05) is 12.8 Å². The van der Waals surface area contributed by atoms with Crippen LogP contribution in [0.2, 0.25) is 0 Å². The van der Waals surface area contributed by atoms with Gasteiger partial charge in [0.2, 0.25) is 0 Å². The van der Waals surface area contributed by atoms with Gasteiger partial charge < -0.3 is 5.11 Å². The molecule has 2 nitrogen and oxygen atoms in total. The summed E-state index contributed by atoms with van der Waals surface area (Å²) in [7, 11) is 0. The van der Waals surface area contributed by atoms with Gasteiger partial charge in [0, 0.05) is 12.4 Å². The first-order valence-electron chi connectivity index (χ1n) is 6.17. The Morgan fingerprint density at radius 3 is 2.67 bits per heavy atom. The van der Waals surface area contributed by atoms with Crippen molar-refractivity contribution < 1.29 is 18.3 Å². The van der Waals surface area contributed by atoms with Gasteiger partial charge in [0.05, 0.1) is 11.7 Å². The molecule has 100 valence electrons. The standard InChI is InChI=1S/C13H16F3NO/c14-13(15,16)12-5-6-17-8-11(12)9-3-1-2-4-10(18)7-9/h5-6,8-10,18H,1-4,7H2. The summed E-state index contributed by atoms with van der Waals surface area (Å²) in [6.07, 6.45) is 1.10. The van der Waals surface area contributed by atoms with Crippen molar-refractivity contribution in [3.63, 3.8) is 0 Å². The predicted molar refractivity (Wildman–Crippen MR) is 61.1 cm³/mol. The largest absolute Gasteiger partial charge is 0.416 e. The average Bonchev–Trinajstić information content (AvgIpc) is 2.53. The Morgan fingerprint density at radius 1 is 1.22 bits per heavy atom. The molecule has 18 heavy (non-hydrogen) atoms. The molecule has 0 bridgehead atoms. The van der Waals surface area contributed by atoms with Gasteiger partial charge in [-0.15, -0.1) is 0 Å². The van der Waals surface area contributed by atoms with Gasteiger partial charge in [-0.3, -0.25) is 4.98 Å². The van der Waals surface area contributed by atoms with E-state index in [1.54, 1.807) is 0 Å². The number of alkyl halides is 3. The highest BCUT2D eigenvalue weighted by molar-refractivity contribution is 5.30. The Bertz CT molecular complexity index is 405. The van der Waals surface area contributed by atoms with Crippen molar-refractivity contribution in [2.24, 2.45) is 0 Å². The Labute approximate surface area is 104 Å². The number of aliphatic hydroxyl groups excluding tert-OH is 1. The quantitative estimate of drug-likeness (QED) is 0.783. The van der Waals surface area contributed by atoms with E-state index < -0.39 is 17.8 Å². The summed E-state index contributed by atoms with van der Waals surface area (Å²) in [5.74, 6) is -0.243. The molecule has 0 aliphatic heterocycles. The average molecular weight is 259 g/mol. The van der Waals surface area contributed by atoms with Crippen molar-refractivity contribution >= 4 is 0 Å². The topological polar surface area (TPSA) is 33.1 Å². The smallest absolute Gasteiger partial charge is 0.393 e. The monoisotopic (exact) mass is 259 g/mol. The van der Waals surface area contributed by atoms with E-state index in [0.717, 1.165) is 18.9 Å². The van der Waals surface area contributed by atoms with E-state index in [4.69, 9.17) is 0 Å². The van der Waals surface area contributed by atoms with Gasteiger partial charge in [-0.2, -0.15) is 13.2 Å². The summed E-state index contributed by atoms with van der Waals surface area (Å²) in [6, 6.07) is 1.02. The van der Waals surface area contributed by atoms with Crippen LogP contribution in [0.1, 0.15) is 49.1 Å². The molecule has 1 aromatic heterocycles. The summed E-state index contributed by atoms with van der Waals surface area (Å²) >= 11 is 0. The molecule has 0 saturated heterocycles. The second-order valence-corrected chi connectivity index (χ2v) is 4.83. The minimum atomic E-state index is -4.35. The van der Waals surface area contributed by atoms with Gasteiger partial charge in [0.15, 0.2) is 0 Å². The van der Waals surface area contributed by atoms with Crippen LogP contribution in [0.4, 0.5) is 13.2 Å². The van der Waals surface area contributed by atoms with Gasteiger partial charge in [0.25, 0.3) is 0 Å². The Balaban J connectivity index is 2.32. The van der Waals surface area contributed by atoms with Crippen molar-refractivity contribution in [2.75, 3.05) is 0 Å². The number of hydrogen-bond donors (Lipinski definition) is 1. The maximum absolute atomic E-state index is 12.9. The molecular formula is C13H16F3NO. The van der Waals surface area contributed by atoms with Crippen LogP contribution in [0.15, 0.2) is 18.5 Å². The molecule has 1 fully saturated rings. The highest BCUT2D eigenvalue weighted by Gasteiger charge is 2.35. The summed E-state index contributed by atoms with van der Waals surface area (Å²) < 4.78 is 38.7. The molecule has 1 aliphatic carbocycles. The van der Waals surface area contributed by atoms with Gasteiger partial charge in [0.1, 0.15) is 0 Å². The molecule has 1 N–H and O–H groups in total. The van der Waals surface area contributed by atoms with Crippen LogP contribution in [-0.4, -0.2) is 16.2 Å². The highest BCUT2D eigenvalue weighted by atomic mass is 19.4. The Morgan fingerprint density at radius 2 is 1.94 bits per heavy atom. The van der Waals surface area contributed by atoms with Crippen LogP contribution < -0.4 is 0 Å². The van der Waals surface area contributed by atoms with E-state index in [2.05, 4.69) is 4.98 Å². The summed E-state index contributed by atoms with van der Waals surface area (Å²) in [5, 5.41) is 9.71. The Hall–Kier alpha value is -1.10. The minimum Gasteiger partial charge on any atom is -0.393 e. The first kappa shape index (κ1) is 13.3. The highest BCUT2D eigenvalue weighted by Crippen LogP contribution is 2.39. The second kappa shape index (κ2) is 5.26. The first-order chi connectivity index (χ1) is 8.48. The fraction of sp³-hybridized carbons (Fsp3) is 0.615. The van der Waals surface area contributed by atoms with Gasteiger partial charge in [-0.25, -0.2) is 0 Å². The van der Waals surface area contributed by atoms with Crippen molar-refractivity contribution in [1.29, 1.82) is 0 Å². The van der Waals surface area contributed by atoms with E-state index in [0.29, 0.717) is 19.3 Å². The summed E-state index contributed by atoms with van der Waals surface area (Å²) in [4.78, 5) is 3.81. The zero-order valence-corrected chi connectivity index (χ0v) is 9.95. The van der Waals surface area contributed by atoms with E-state index >= 15 is 0 Å². The molecule has 1 aliphatic rings. The van der Waals surface area contributed by atoms with Crippen LogP contribution in [-0.2, 0) is 6.18 Å². The lowest BCUT2D eigenvalue weighted by atomic mass is 9.89. The number of halogens is 3. The molecule has 1 aromatic rings. The summed E-state index contributed by atoms with van der Waals surface area (Å²) in [6.45, 7) is 0. The SMILES string of the molecule is OC1CCCCC(c2cnccc2C(F)(F)F)C1. The van der Waals surface area contributed by atoms with Crippen molar-refractivity contribution in [3.8, 4) is 0 Å². The van der Waals surface area contributed by atoms with Crippen LogP contribution >= 0.6 is 0 Å². The van der Waals surface area contributed by atoms with Crippen molar-refractivity contribution in [2.45, 2.75) is 50.3 Å².